The number of anilines is 1. The zero-order valence-electron chi connectivity index (χ0n) is 19.4. The number of aromatic nitrogens is 2. The summed E-state index contributed by atoms with van der Waals surface area (Å²) in [7, 11) is -3.74. The molecule has 1 aromatic heterocycles. The van der Waals surface area contributed by atoms with Gasteiger partial charge in [-0.1, -0.05) is 36.4 Å². The van der Waals surface area contributed by atoms with Crippen LogP contribution < -0.4 is 14.4 Å². The third-order valence-corrected chi connectivity index (χ3v) is 6.63. The number of benzene rings is 3. The van der Waals surface area contributed by atoms with Gasteiger partial charge in [0.15, 0.2) is 0 Å². The van der Waals surface area contributed by atoms with Gasteiger partial charge in [-0.05, 0) is 55.0 Å². The maximum atomic E-state index is 13.0. The number of nitrogens with zero attached hydrogens (tertiary/aromatic N) is 3. The van der Waals surface area contributed by atoms with E-state index in [-0.39, 0.29) is 6.54 Å². The zero-order valence-corrected chi connectivity index (χ0v) is 20.2. The van der Waals surface area contributed by atoms with Crippen molar-refractivity contribution >= 4 is 21.6 Å². The molecule has 0 spiro atoms. The number of hydrogen-bond acceptors (Lipinski definition) is 5. The lowest BCUT2D eigenvalue weighted by Gasteiger charge is -2.28. The van der Waals surface area contributed by atoms with E-state index in [4.69, 9.17) is 4.74 Å². The second-order valence-corrected chi connectivity index (χ2v) is 9.82. The molecule has 9 heteroatoms. The lowest BCUT2D eigenvalue weighted by molar-refractivity contribution is -0.122. The fourth-order valence-electron chi connectivity index (χ4n) is 3.74. The average molecular weight is 491 g/mol. The third kappa shape index (κ3) is 5.88. The van der Waals surface area contributed by atoms with Crippen LogP contribution >= 0.6 is 0 Å². The molecule has 0 aliphatic heterocycles. The molecule has 4 aromatic rings. The van der Waals surface area contributed by atoms with E-state index in [1.807, 2.05) is 65.4 Å². The Morgan fingerprint density at radius 2 is 1.66 bits per heavy atom. The number of para-hydroxylation sites is 2. The highest BCUT2D eigenvalue weighted by Gasteiger charge is 2.29. The van der Waals surface area contributed by atoms with Crippen molar-refractivity contribution in [3.8, 4) is 17.2 Å². The summed E-state index contributed by atoms with van der Waals surface area (Å²) in [5.74, 6) is 0.811. The summed E-state index contributed by atoms with van der Waals surface area (Å²) in [6.07, 6.45) is 6.26. The van der Waals surface area contributed by atoms with Gasteiger partial charge < -0.3 is 14.6 Å². The topological polar surface area (TPSA) is 93.5 Å². The highest BCUT2D eigenvalue weighted by molar-refractivity contribution is 7.92. The molecule has 0 saturated carbocycles. The largest absolute Gasteiger partial charge is 0.457 e. The van der Waals surface area contributed by atoms with Gasteiger partial charge in [0.2, 0.25) is 15.9 Å². The number of imidazole rings is 1. The SMILES string of the molecule is C[C@@H](C(=O)NCc1ccccc1-n1ccnc1)N(c1ccc(Oc2ccccc2)cc1)S(C)(=O)=O. The number of sulfonamides is 1. The van der Waals surface area contributed by atoms with E-state index in [2.05, 4.69) is 10.3 Å². The molecule has 180 valence electrons. The summed E-state index contributed by atoms with van der Waals surface area (Å²) in [5.41, 5.74) is 2.13. The molecule has 0 aliphatic carbocycles. The Balaban J connectivity index is 1.49. The number of carbonyl (C=O) groups excluding carboxylic acids is 1. The number of hydrogen-bond donors (Lipinski definition) is 1. The smallest absolute Gasteiger partial charge is 0.243 e. The van der Waals surface area contributed by atoms with Crippen molar-refractivity contribution in [2.45, 2.75) is 19.5 Å². The third-order valence-electron chi connectivity index (χ3n) is 5.39. The molecule has 35 heavy (non-hydrogen) atoms. The van der Waals surface area contributed by atoms with Gasteiger partial charge in [-0.2, -0.15) is 0 Å². The minimum atomic E-state index is -3.74. The fourth-order valence-corrected chi connectivity index (χ4v) is 4.91. The van der Waals surface area contributed by atoms with Gasteiger partial charge in [0, 0.05) is 18.9 Å². The van der Waals surface area contributed by atoms with Crippen molar-refractivity contribution < 1.29 is 17.9 Å². The van der Waals surface area contributed by atoms with Crippen LogP contribution in [0.1, 0.15) is 12.5 Å². The Labute approximate surface area is 204 Å². The number of amides is 1. The van der Waals surface area contributed by atoms with Crippen LogP contribution in [0.25, 0.3) is 5.69 Å². The zero-order chi connectivity index (χ0) is 24.8. The maximum Gasteiger partial charge on any atom is 0.243 e. The van der Waals surface area contributed by atoms with E-state index in [9.17, 15) is 13.2 Å². The molecular weight excluding hydrogens is 464 g/mol. The first-order valence-corrected chi connectivity index (χ1v) is 12.8. The molecule has 0 bridgehead atoms. The van der Waals surface area contributed by atoms with E-state index in [0.29, 0.717) is 17.2 Å². The van der Waals surface area contributed by atoms with Crippen molar-refractivity contribution in [3.05, 3.63) is 103 Å². The van der Waals surface area contributed by atoms with Crippen molar-refractivity contribution in [2.24, 2.45) is 0 Å². The van der Waals surface area contributed by atoms with Crippen LogP contribution in [0, 0.1) is 0 Å². The highest BCUT2D eigenvalue weighted by Crippen LogP contribution is 2.27. The first-order valence-electron chi connectivity index (χ1n) is 11.0. The average Bonchev–Trinajstić information content (AvgIpc) is 3.38. The van der Waals surface area contributed by atoms with Gasteiger partial charge in [0.1, 0.15) is 17.5 Å². The predicted molar refractivity (Wildman–Crippen MR) is 135 cm³/mol. The molecule has 0 fully saturated rings. The molecule has 3 aromatic carbocycles. The highest BCUT2D eigenvalue weighted by atomic mass is 32.2. The first kappa shape index (κ1) is 24.0. The van der Waals surface area contributed by atoms with Crippen LogP contribution in [0.15, 0.2) is 97.6 Å². The number of carbonyl (C=O) groups is 1. The minimum absolute atomic E-state index is 0.235. The first-order chi connectivity index (χ1) is 16.8. The van der Waals surface area contributed by atoms with Crippen LogP contribution in [0.4, 0.5) is 5.69 Å². The summed E-state index contributed by atoms with van der Waals surface area (Å²) in [4.78, 5) is 17.1. The molecule has 0 saturated heterocycles. The van der Waals surface area contributed by atoms with Gasteiger partial charge in [-0.25, -0.2) is 13.4 Å². The molecule has 1 heterocycles. The monoisotopic (exact) mass is 490 g/mol. The Morgan fingerprint density at radius 3 is 2.31 bits per heavy atom. The van der Waals surface area contributed by atoms with Crippen LogP contribution in [-0.4, -0.2) is 36.2 Å². The normalized spacial score (nSPS) is 12.1. The molecule has 1 atom stereocenters. The summed E-state index contributed by atoms with van der Waals surface area (Å²) < 4.78 is 34.0. The van der Waals surface area contributed by atoms with Gasteiger partial charge in [0.25, 0.3) is 0 Å². The molecule has 8 nitrogen and oxygen atoms in total. The van der Waals surface area contributed by atoms with Gasteiger partial charge in [-0.15, -0.1) is 0 Å². The summed E-state index contributed by atoms with van der Waals surface area (Å²) in [5, 5.41) is 2.86. The van der Waals surface area contributed by atoms with Crippen molar-refractivity contribution in [3.63, 3.8) is 0 Å². The Morgan fingerprint density at radius 1 is 1.00 bits per heavy atom. The maximum absolute atomic E-state index is 13.0. The lowest BCUT2D eigenvalue weighted by Crippen LogP contribution is -2.47. The standard InChI is InChI=1S/C26H26N4O4S/c1-20(26(31)28-18-21-8-6-7-11-25(21)29-17-16-27-19-29)30(35(2,32)33)22-12-14-24(15-13-22)34-23-9-4-3-5-10-23/h3-17,19-20H,18H2,1-2H3,(H,28,31)/t20-/m0/s1. The Bertz CT molecular complexity index is 1370. The van der Waals surface area contributed by atoms with E-state index in [1.54, 1.807) is 43.7 Å². The summed E-state index contributed by atoms with van der Waals surface area (Å²) in [6, 6.07) is 22.5. The van der Waals surface area contributed by atoms with Crippen molar-refractivity contribution in [2.75, 3.05) is 10.6 Å². The van der Waals surface area contributed by atoms with Crippen LogP contribution in [0.2, 0.25) is 0 Å². The van der Waals surface area contributed by atoms with Crippen molar-refractivity contribution in [1.29, 1.82) is 0 Å². The minimum Gasteiger partial charge on any atom is -0.457 e. The molecule has 1 amide bonds. The summed E-state index contributed by atoms with van der Waals surface area (Å²) in [6.45, 7) is 1.80. The number of ether oxygens (including phenoxy) is 1. The van der Waals surface area contributed by atoms with Crippen LogP contribution in [0.5, 0.6) is 11.5 Å². The van der Waals surface area contributed by atoms with Crippen LogP contribution in [0.3, 0.4) is 0 Å². The van der Waals surface area contributed by atoms with E-state index < -0.39 is 22.0 Å². The molecule has 4 rings (SSSR count). The molecule has 0 aliphatic rings. The molecule has 0 unspecified atom stereocenters. The molecule has 0 radical (unpaired) electrons. The second-order valence-electron chi connectivity index (χ2n) is 7.96. The molecule has 1 N–H and O–H groups in total. The Kier molecular flexibility index (Phi) is 7.17. The van der Waals surface area contributed by atoms with Crippen molar-refractivity contribution in [1.82, 2.24) is 14.9 Å². The second kappa shape index (κ2) is 10.4. The van der Waals surface area contributed by atoms with Gasteiger partial charge in [0.05, 0.1) is 24.0 Å². The number of rotatable bonds is 9. The van der Waals surface area contributed by atoms with E-state index >= 15 is 0 Å². The fraction of sp³-hybridized carbons (Fsp3) is 0.154. The van der Waals surface area contributed by atoms with Gasteiger partial charge >= 0.3 is 0 Å². The van der Waals surface area contributed by atoms with Gasteiger partial charge in [-0.3, -0.25) is 9.10 Å². The van der Waals surface area contributed by atoms with E-state index in [0.717, 1.165) is 21.8 Å². The quantitative estimate of drug-likeness (QED) is 0.381. The summed E-state index contributed by atoms with van der Waals surface area (Å²) >= 11 is 0. The van der Waals surface area contributed by atoms with E-state index in [1.165, 1.54) is 0 Å². The molecular formula is C26H26N4O4S. The Hall–Kier alpha value is -4.11. The van der Waals surface area contributed by atoms with Crippen LogP contribution in [-0.2, 0) is 21.4 Å². The number of nitrogens with one attached hydrogen (secondary N) is 1. The lowest BCUT2D eigenvalue weighted by atomic mass is 10.1. The predicted octanol–water partition coefficient (Wildman–Crippen LogP) is 4.14.